The van der Waals surface area contributed by atoms with E-state index in [0.29, 0.717) is 22.4 Å². The third-order valence-electron chi connectivity index (χ3n) is 11.5. The van der Waals surface area contributed by atoms with Crippen molar-refractivity contribution in [2.45, 2.75) is 100 Å². The number of hydrogen-bond donors (Lipinski definition) is 16. The van der Waals surface area contributed by atoms with Crippen molar-refractivity contribution in [1.29, 1.82) is 0 Å². The predicted molar refractivity (Wildman–Crippen MR) is 278 cm³/mol. The summed E-state index contributed by atoms with van der Waals surface area (Å²) in [5, 5.41) is 81.1. The molecule has 27 heteroatoms. The second kappa shape index (κ2) is 32.7. The van der Waals surface area contributed by atoms with E-state index in [1.54, 1.807) is 66.9 Å². The number of amides is 9. The topological polar surface area (TPSA) is 426 Å². The Morgan fingerprint density at radius 2 is 0.857 bits per heavy atom. The molecule has 0 aromatic heterocycles. The number of benzene rings is 3. The van der Waals surface area contributed by atoms with E-state index in [9.17, 15) is 78.6 Å². The number of carbonyl (C=O) groups excluding carboxylic acids is 9. The van der Waals surface area contributed by atoms with Gasteiger partial charge in [0.1, 0.15) is 60.1 Å². The summed E-state index contributed by atoms with van der Waals surface area (Å²) in [6.07, 6.45) is -0.380. The molecule has 0 heterocycles. The molecule has 0 radical (unpaired) electrons. The van der Waals surface area contributed by atoms with Crippen molar-refractivity contribution < 1.29 is 78.6 Å². The molecule has 420 valence electrons. The maximum Gasteiger partial charge on any atom is 0.328 e. The van der Waals surface area contributed by atoms with E-state index >= 15 is 0 Å². The number of phenolic OH excluding ortho intramolecular Hbond substituents is 1. The number of carboxylic acid groups (broad SMARTS) is 1. The van der Waals surface area contributed by atoms with Crippen LogP contribution in [0.3, 0.4) is 0 Å². The van der Waals surface area contributed by atoms with Crippen LogP contribution < -0.4 is 53.6 Å². The molecule has 0 spiro atoms. The molecular weight excluding hydrogens is 1030 g/mol. The van der Waals surface area contributed by atoms with E-state index in [-0.39, 0.29) is 31.4 Å². The first kappa shape index (κ1) is 63.6. The Kier molecular flexibility index (Phi) is 27.0. The molecule has 0 fully saturated rings. The van der Waals surface area contributed by atoms with Gasteiger partial charge in [-0.2, -0.15) is 11.8 Å². The first-order valence-electron chi connectivity index (χ1n) is 24.1. The fourth-order valence-corrected chi connectivity index (χ4v) is 7.68. The van der Waals surface area contributed by atoms with Gasteiger partial charge in [-0.15, -0.1) is 0 Å². The van der Waals surface area contributed by atoms with Crippen LogP contribution in [0, 0.1) is 0 Å². The quantitative estimate of drug-likeness (QED) is 0.0278. The normalized spacial score (nSPS) is 14.9. The number of phenols is 1. The van der Waals surface area contributed by atoms with Gasteiger partial charge in [0, 0.05) is 19.3 Å². The summed E-state index contributed by atoms with van der Waals surface area (Å²) in [5.74, 6) is -10.2. The van der Waals surface area contributed by atoms with Gasteiger partial charge in [-0.25, -0.2) is 4.79 Å². The van der Waals surface area contributed by atoms with Gasteiger partial charge in [0.25, 0.3) is 0 Å². The summed E-state index contributed by atoms with van der Waals surface area (Å²) in [5.41, 5.74) is 6.98. The smallest absolute Gasteiger partial charge is 0.328 e. The lowest BCUT2D eigenvalue weighted by molar-refractivity contribution is -0.143. The third-order valence-corrected chi connectivity index (χ3v) is 12.2. The highest BCUT2D eigenvalue weighted by Gasteiger charge is 2.36. The number of rotatable bonds is 32. The minimum Gasteiger partial charge on any atom is -0.508 e. The number of nitrogens with two attached hydrogens (primary N) is 1. The fraction of sp³-hybridized carbons (Fsp3) is 0.440. The maximum absolute atomic E-state index is 14.0. The molecule has 26 nitrogen and oxygen atoms in total. The van der Waals surface area contributed by atoms with E-state index in [2.05, 4.69) is 47.9 Å². The molecule has 0 saturated heterocycles. The monoisotopic (exact) mass is 1100 g/mol. The number of thioether (sulfide) groups is 1. The first-order valence-corrected chi connectivity index (χ1v) is 25.5. The molecule has 3 aromatic rings. The second-order valence-electron chi connectivity index (χ2n) is 17.6. The third kappa shape index (κ3) is 21.5. The zero-order chi connectivity index (χ0) is 57.2. The van der Waals surface area contributed by atoms with Gasteiger partial charge in [-0.3, -0.25) is 43.2 Å². The highest BCUT2D eigenvalue weighted by atomic mass is 32.2. The van der Waals surface area contributed by atoms with Gasteiger partial charge in [0.05, 0.1) is 32.5 Å². The van der Waals surface area contributed by atoms with Gasteiger partial charge in [0.15, 0.2) is 0 Å². The molecule has 17 N–H and O–H groups in total. The number of carboxylic acids is 1. The SMILES string of the molecule is CSCC[C@H](NC(=O)[C@H](C)NC(=O)[C@H](Cc1ccc(O)cc1)NC(=O)[C@H](CO)NC(=O)[C@H](CO)NC(=O)[C@H](Cc1ccccc1)NC(=O)[C@@H](NC(=O)[C@H](Cc1ccccc1)NC(=O)CN)[C@@H](C)O)C(=O)N[C@@H](CO)C(=O)O. The van der Waals surface area contributed by atoms with Gasteiger partial charge in [-0.1, -0.05) is 72.8 Å². The van der Waals surface area contributed by atoms with Crippen LogP contribution in [0.1, 0.15) is 37.0 Å². The second-order valence-corrected chi connectivity index (χ2v) is 18.6. The van der Waals surface area contributed by atoms with E-state index in [1.165, 1.54) is 49.9 Å². The van der Waals surface area contributed by atoms with Crippen molar-refractivity contribution in [3.8, 4) is 5.75 Å². The Balaban J connectivity index is 1.81. The van der Waals surface area contributed by atoms with Crippen molar-refractivity contribution >= 4 is 70.9 Å². The number of aliphatic hydroxyl groups is 4. The summed E-state index contributed by atoms with van der Waals surface area (Å²) < 4.78 is 0. The van der Waals surface area contributed by atoms with Crippen molar-refractivity contribution in [3.63, 3.8) is 0 Å². The molecule has 0 aliphatic carbocycles. The fourth-order valence-electron chi connectivity index (χ4n) is 7.21. The number of carbonyl (C=O) groups is 10. The molecule has 0 bridgehead atoms. The van der Waals surface area contributed by atoms with Crippen LogP contribution in [0.5, 0.6) is 5.75 Å². The number of aliphatic carboxylic acids is 1. The molecule has 0 saturated carbocycles. The zero-order valence-corrected chi connectivity index (χ0v) is 43.3. The van der Waals surface area contributed by atoms with Crippen molar-refractivity contribution in [1.82, 2.24) is 47.9 Å². The molecular formula is C50H68N10O16S. The maximum atomic E-state index is 14.0. The van der Waals surface area contributed by atoms with E-state index in [1.807, 2.05) is 0 Å². The van der Waals surface area contributed by atoms with Crippen LogP contribution in [0.15, 0.2) is 84.9 Å². The van der Waals surface area contributed by atoms with Crippen molar-refractivity contribution in [2.24, 2.45) is 5.73 Å². The lowest BCUT2D eigenvalue weighted by Crippen LogP contribution is -2.62. The van der Waals surface area contributed by atoms with Crippen LogP contribution >= 0.6 is 11.8 Å². The molecule has 3 aromatic carbocycles. The van der Waals surface area contributed by atoms with Crippen LogP contribution in [-0.4, -0.2) is 189 Å². The van der Waals surface area contributed by atoms with Gasteiger partial charge >= 0.3 is 5.97 Å². The molecule has 77 heavy (non-hydrogen) atoms. The van der Waals surface area contributed by atoms with Crippen LogP contribution in [-0.2, 0) is 67.2 Å². The number of hydrogen-bond acceptors (Lipinski definition) is 17. The first-order chi connectivity index (χ1) is 36.6. The summed E-state index contributed by atoms with van der Waals surface area (Å²) in [7, 11) is 0. The summed E-state index contributed by atoms with van der Waals surface area (Å²) in [4.78, 5) is 133. The summed E-state index contributed by atoms with van der Waals surface area (Å²) in [6.45, 7) is -1.15. The summed E-state index contributed by atoms with van der Waals surface area (Å²) in [6, 6.07) is 8.04. The molecule has 10 atom stereocenters. The highest BCUT2D eigenvalue weighted by Crippen LogP contribution is 2.13. The Morgan fingerprint density at radius 1 is 0.481 bits per heavy atom. The van der Waals surface area contributed by atoms with E-state index < -0.39 is 146 Å². The van der Waals surface area contributed by atoms with E-state index in [0.717, 1.165) is 0 Å². The Bertz CT molecular complexity index is 2460. The number of aliphatic hydroxyl groups excluding tert-OH is 4. The zero-order valence-electron chi connectivity index (χ0n) is 42.5. The minimum absolute atomic E-state index is 0.0260. The van der Waals surface area contributed by atoms with E-state index in [4.69, 9.17) is 5.73 Å². The highest BCUT2D eigenvalue weighted by molar-refractivity contribution is 7.98. The van der Waals surface area contributed by atoms with Crippen LogP contribution in [0.4, 0.5) is 0 Å². The molecule has 9 amide bonds. The van der Waals surface area contributed by atoms with Gasteiger partial charge < -0.3 is 84.2 Å². The molecule has 0 aliphatic rings. The Morgan fingerprint density at radius 3 is 1.30 bits per heavy atom. The predicted octanol–water partition coefficient (Wildman–Crippen LogP) is -5.04. The Labute approximate surface area is 447 Å². The molecule has 0 aliphatic heterocycles. The lowest BCUT2D eigenvalue weighted by Gasteiger charge is -2.28. The lowest BCUT2D eigenvalue weighted by atomic mass is 10.0. The van der Waals surface area contributed by atoms with Crippen LogP contribution in [0.25, 0.3) is 0 Å². The van der Waals surface area contributed by atoms with Crippen LogP contribution in [0.2, 0.25) is 0 Å². The van der Waals surface area contributed by atoms with Gasteiger partial charge in [-0.05, 0) is 61.1 Å². The van der Waals surface area contributed by atoms with Crippen molar-refractivity contribution in [3.05, 3.63) is 102 Å². The minimum atomic E-state index is -1.86. The number of nitrogens with one attached hydrogen (secondary N) is 9. The number of aromatic hydroxyl groups is 1. The standard InChI is InChI=1S/C50H68N10O16S/c1-27(42(67)54-33(18-19-77-3)43(68)59-39(26-63)50(75)76)52-44(69)35(22-31-14-16-32(65)17-15-31)55-47(72)37(24-61)58-48(73)38(25-62)57-45(70)36(21-30-12-8-5-9-13-30)56-49(74)41(28(2)64)60-46(71)34(53-40(66)23-51)20-29-10-6-4-7-11-29/h4-17,27-28,33-39,41,61-65H,18-26,51H2,1-3H3,(H,52,69)(H,53,66)(H,54,67)(H,55,72)(H,56,74)(H,57,70)(H,58,73)(H,59,68)(H,60,71)(H,75,76)/t27-,28+,33-,34-,35-,36-,37-,38-,39-,41-/m0/s1. The molecule has 0 unspecified atom stereocenters. The Hall–Kier alpha value is -7.69. The molecule has 3 rings (SSSR count). The van der Waals surface area contributed by atoms with Gasteiger partial charge in [0.2, 0.25) is 53.2 Å². The largest absolute Gasteiger partial charge is 0.508 e. The van der Waals surface area contributed by atoms with Crippen molar-refractivity contribution in [2.75, 3.05) is 38.4 Å². The summed E-state index contributed by atoms with van der Waals surface area (Å²) >= 11 is 1.32. The average Bonchev–Trinajstić information content (AvgIpc) is 3.41. The average molecular weight is 1100 g/mol.